The fraction of sp³-hybridized carbons (Fsp3) is 0.415. The number of nitrogens with zero attached hydrogens (tertiary/aromatic N) is 1. The number of cyclic esters (lactones) is 1. The van der Waals surface area contributed by atoms with Crippen molar-refractivity contribution in [2.24, 2.45) is 17.3 Å². The van der Waals surface area contributed by atoms with Gasteiger partial charge in [0.2, 0.25) is 0 Å². The number of aliphatic hydroxyl groups is 1. The maximum absolute atomic E-state index is 14.9. The molecule has 1 spiro atoms. The van der Waals surface area contributed by atoms with Crippen molar-refractivity contribution in [2.45, 2.75) is 108 Å². The monoisotopic (exact) mass is 991 g/mol. The van der Waals surface area contributed by atoms with Crippen molar-refractivity contribution in [3.05, 3.63) is 137 Å². The summed E-state index contributed by atoms with van der Waals surface area (Å²) in [7, 11) is 0. The first-order valence-corrected chi connectivity index (χ1v) is 23.2. The van der Waals surface area contributed by atoms with E-state index in [1.54, 1.807) is 37.3 Å². The minimum atomic E-state index is -2.96. The van der Waals surface area contributed by atoms with E-state index >= 15 is 0 Å². The summed E-state index contributed by atoms with van der Waals surface area (Å²) in [5.41, 5.74) is -11.0. The molecule has 3 fully saturated rings. The Balaban J connectivity index is 1.54. The molecular formula is C53H53NO18. The summed E-state index contributed by atoms with van der Waals surface area (Å²) in [6, 6.07) is 25.4. The summed E-state index contributed by atoms with van der Waals surface area (Å²) in [6.07, 6.45) is -11.4. The summed E-state index contributed by atoms with van der Waals surface area (Å²) in [5, 5.41) is 14.1. The van der Waals surface area contributed by atoms with Crippen molar-refractivity contribution in [1.29, 1.82) is 0 Å². The molecule has 1 aromatic heterocycles. The molecule has 0 unspecified atom stereocenters. The number of fused-ring (bicyclic) bond motifs is 5. The average Bonchev–Trinajstić information content (AvgIpc) is 3.58. The Labute approximate surface area is 413 Å². The van der Waals surface area contributed by atoms with E-state index in [-0.39, 0.29) is 27.9 Å². The fourth-order valence-corrected chi connectivity index (χ4v) is 11.0. The Hall–Kier alpha value is -7.51. The first kappa shape index (κ1) is 50.9. The molecule has 3 heterocycles. The lowest BCUT2D eigenvalue weighted by Gasteiger charge is -2.67. The molecule has 0 amide bonds. The highest BCUT2D eigenvalue weighted by molar-refractivity contribution is 5.92. The summed E-state index contributed by atoms with van der Waals surface area (Å²) in [4.78, 5) is 119. The number of aromatic nitrogens is 1. The van der Waals surface area contributed by atoms with Crippen molar-refractivity contribution < 1.29 is 86.1 Å². The third-order valence-corrected chi connectivity index (χ3v) is 14.3. The number of carbonyl (C=O) groups is 8. The van der Waals surface area contributed by atoms with Crippen LogP contribution < -0.4 is 0 Å². The predicted molar refractivity (Wildman–Crippen MR) is 245 cm³/mol. The van der Waals surface area contributed by atoms with E-state index in [1.807, 2.05) is 0 Å². The van der Waals surface area contributed by atoms with Gasteiger partial charge in [-0.05, 0) is 62.4 Å². The number of rotatable bonds is 10. The number of benzene rings is 3. The van der Waals surface area contributed by atoms with E-state index in [4.69, 9.17) is 42.6 Å². The number of hydrogen-bond acceptors (Lipinski definition) is 19. The molecule has 2 aliphatic heterocycles. The summed E-state index contributed by atoms with van der Waals surface area (Å²) in [5.74, 6) is -12.3. The molecule has 8 rings (SSSR count). The molecular weight excluding hydrogens is 939 g/mol. The molecule has 2 aliphatic carbocycles. The molecule has 4 aliphatic rings. The lowest BCUT2D eigenvalue weighted by molar-refractivity contribution is -0.384. The lowest BCUT2D eigenvalue weighted by atomic mass is 9.45. The lowest BCUT2D eigenvalue weighted by Crippen LogP contribution is -2.89. The molecule has 19 nitrogen and oxygen atoms in total. The van der Waals surface area contributed by atoms with Crippen LogP contribution in [0, 0.1) is 17.3 Å². The zero-order valence-corrected chi connectivity index (χ0v) is 40.3. The molecule has 4 aromatic rings. The van der Waals surface area contributed by atoms with Gasteiger partial charge in [0, 0.05) is 32.9 Å². The van der Waals surface area contributed by atoms with Crippen molar-refractivity contribution in [2.75, 3.05) is 13.2 Å². The normalized spacial score (nSPS) is 32.5. The second-order valence-electron chi connectivity index (χ2n) is 18.8. The summed E-state index contributed by atoms with van der Waals surface area (Å²) in [6.45, 7) is 6.64. The predicted octanol–water partition coefficient (Wildman–Crippen LogP) is 4.92. The standard InChI is InChI=1S/C53H53NO18/c1-28-29(2)45(58)69-42-40(67-32(5)57)44(71-48(61)35-22-15-10-16-23-35)52(27-64-30(3)55)43(70-47(60)34-20-13-9-14-21-34)39(66-31(4)56)37-41(68-46(59)33-18-11-8-12-19-33)53(52,51(42,7)63)72-50(37,6)26-65-49(62)36-24-17-25-54-38(28)36/h8-25,28-29,37,39-44,63H,26-27H2,1-7H3/t28-,29-,37+,39+,40-,41+,42-,43+,44-,50-,51-,52+,53-/m0/s1. The van der Waals surface area contributed by atoms with Crippen LogP contribution in [0.4, 0.5) is 0 Å². The third-order valence-electron chi connectivity index (χ3n) is 14.3. The van der Waals surface area contributed by atoms with Crippen LogP contribution >= 0.6 is 0 Å². The van der Waals surface area contributed by atoms with Crippen LogP contribution in [0.25, 0.3) is 0 Å². The van der Waals surface area contributed by atoms with Crippen LogP contribution in [0.3, 0.4) is 0 Å². The van der Waals surface area contributed by atoms with Crippen LogP contribution in [-0.4, -0.2) is 124 Å². The van der Waals surface area contributed by atoms with E-state index in [0.29, 0.717) is 0 Å². The average molecular weight is 992 g/mol. The van der Waals surface area contributed by atoms with Crippen molar-refractivity contribution in [3.63, 3.8) is 0 Å². The van der Waals surface area contributed by atoms with E-state index in [9.17, 15) is 43.5 Å². The maximum atomic E-state index is 14.9. The van der Waals surface area contributed by atoms with Gasteiger partial charge in [-0.3, -0.25) is 24.2 Å². The van der Waals surface area contributed by atoms with Crippen LogP contribution in [0.1, 0.15) is 102 Å². The molecule has 1 N–H and O–H groups in total. The molecule has 2 saturated carbocycles. The Morgan fingerprint density at radius 1 is 0.639 bits per heavy atom. The highest BCUT2D eigenvalue weighted by Gasteiger charge is 2.92. The second-order valence-corrected chi connectivity index (χ2v) is 18.8. The number of carbonyl (C=O) groups excluding carboxylic acids is 8. The van der Waals surface area contributed by atoms with E-state index in [0.717, 1.165) is 27.7 Å². The van der Waals surface area contributed by atoms with Crippen LogP contribution in [-0.2, 0) is 61.8 Å². The number of esters is 8. The largest absolute Gasteiger partial charge is 0.465 e. The zero-order valence-electron chi connectivity index (χ0n) is 40.3. The zero-order chi connectivity index (χ0) is 51.9. The molecule has 1 saturated heterocycles. The summed E-state index contributed by atoms with van der Waals surface area (Å²) < 4.78 is 57.7. The van der Waals surface area contributed by atoms with Crippen LogP contribution in [0.5, 0.6) is 0 Å². The minimum Gasteiger partial charge on any atom is -0.465 e. The SMILES string of the molecule is CC(=O)OC[C@]12[C@H](OC(=O)c3ccccc3)[C@H](OC(C)=O)[C@@H]3[C@@H](OC(=O)c4ccccc4)[C@@]14O[C@@]3(C)COC(=O)c1cccnc1[C@@H](C)[C@H](C)C(=O)O[C@@H]([C@H](OC(C)=O)[C@@H]2OC(=O)c1ccccc1)[C@]4(C)O. The Morgan fingerprint density at radius 3 is 1.62 bits per heavy atom. The van der Waals surface area contributed by atoms with Gasteiger partial charge in [0.05, 0.1) is 39.8 Å². The van der Waals surface area contributed by atoms with Gasteiger partial charge >= 0.3 is 47.8 Å². The Kier molecular flexibility index (Phi) is 13.8. The van der Waals surface area contributed by atoms with E-state index < -0.39 is 138 Å². The topological polar surface area (TPSA) is 253 Å². The van der Waals surface area contributed by atoms with Gasteiger partial charge in [0.25, 0.3) is 0 Å². The molecule has 13 atom stereocenters. The van der Waals surface area contributed by atoms with Gasteiger partial charge in [0.1, 0.15) is 42.0 Å². The van der Waals surface area contributed by atoms with Gasteiger partial charge in [-0.25, -0.2) is 19.2 Å². The van der Waals surface area contributed by atoms with E-state index in [1.165, 1.54) is 92.8 Å². The first-order valence-electron chi connectivity index (χ1n) is 23.2. The summed E-state index contributed by atoms with van der Waals surface area (Å²) >= 11 is 0. The smallest absolute Gasteiger partial charge is 0.340 e. The molecule has 3 aromatic carbocycles. The Bertz CT molecular complexity index is 2770. The Morgan fingerprint density at radius 2 is 1.12 bits per heavy atom. The quantitative estimate of drug-likeness (QED) is 0.164. The van der Waals surface area contributed by atoms with Crippen molar-refractivity contribution in [3.8, 4) is 0 Å². The minimum absolute atomic E-state index is 0.0465. The maximum Gasteiger partial charge on any atom is 0.340 e. The fourth-order valence-electron chi connectivity index (χ4n) is 11.0. The highest BCUT2D eigenvalue weighted by atomic mass is 16.7. The van der Waals surface area contributed by atoms with Gasteiger partial charge in [-0.15, -0.1) is 0 Å². The molecule has 4 bridgehead atoms. The van der Waals surface area contributed by atoms with Crippen molar-refractivity contribution in [1.82, 2.24) is 4.98 Å². The van der Waals surface area contributed by atoms with Crippen molar-refractivity contribution >= 4 is 47.8 Å². The third kappa shape index (κ3) is 8.63. The van der Waals surface area contributed by atoms with Crippen LogP contribution in [0.15, 0.2) is 109 Å². The molecule has 19 heteroatoms. The van der Waals surface area contributed by atoms with E-state index in [2.05, 4.69) is 4.98 Å². The number of pyridine rings is 1. The molecule has 0 radical (unpaired) electrons. The van der Waals surface area contributed by atoms with Gasteiger partial charge in [-0.2, -0.15) is 0 Å². The first-order chi connectivity index (χ1) is 34.2. The highest BCUT2D eigenvalue weighted by Crippen LogP contribution is 2.70. The molecule has 378 valence electrons. The number of ether oxygens (including phenoxy) is 9. The van der Waals surface area contributed by atoms with Crippen LogP contribution in [0.2, 0.25) is 0 Å². The second kappa shape index (κ2) is 19.6. The molecule has 72 heavy (non-hydrogen) atoms. The number of hydrogen-bond donors (Lipinski definition) is 1. The van der Waals surface area contributed by atoms with Gasteiger partial charge in [0.15, 0.2) is 30.0 Å². The van der Waals surface area contributed by atoms with Gasteiger partial charge in [-0.1, -0.05) is 68.4 Å². The van der Waals surface area contributed by atoms with Gasteiger partial charge < -0.3 is 47.7 Å².